The average Bonchev–Trinajstić information content (AvgIpc) is 3.09. The molecule has 128 valence electrons. The van der Waals surface area contributed by atoms with Crippen LogP contribution in [-0.2, 0) is 0 Å². The van der Waals surface area contributed by atoms with E-state index in [9.17, 15) is 10.1 Å². The van der Waals surface area contributed by atoms with E-state index in [1.165, 1.54) is 29.8 Å². The minimum atomic E-state index is -0.481. The summed E-state index contributed by atoms with van der Waals surface area (Å²) in [6, 6.07) is 14.2. The molecule has 0 atom stereocenters. The summed E-state index contributed by atoms with van der Waals surface area (Å²) in [4.78, 5) is 19.9. The van der Waals surface area contributed by atoms with Gasteiger partial charge in [-0.05, 0) is 11.6 Å². The minimum absolute atomic E-state index is 0.0612. The molecule has 2 aromatic heterocycles. The van der Waals surface area contributed by atoms with Crippen LogP contribution in [0.1, 0.15) is 0 Å². The summed E-state index contributed by atoms with van der Waals surface area (Å²) in [5.74, 6) is 0.603. The van der Waals surface area contributed by atoms with Crippen molar-refractivity contribution in [3.05, 3.63) is 75.4 Å². The third-order valence-electron chi connectivity index (χ3n) is 3.87. The molecule has 0 bridgehead atoms. The summed E-state index contributed by atoms with van der Waals surface area (Å²) in [5, 5.41) is 17.2. The first kappa shape index (κ1) is 16.4. The second-order valence-corrected chi connectivity index (χ2v) is 6.73. The van der Waals surface area contributed by atoms with Gasteiger partial charge in [0.2, 0.25) is 0 Å². The zero-order valence-corrected chi connectivity index (χ0v) is 14.8. The van der Waals surface area contributed by atoms with E-state index >= 15 is 0 Å². The highest BCUT2D eigenvalue weighted by Gasteiger charge is 2.15. The number of aromatic nitrogens is 2. The van der Waals surface area contributed by atoms with Gasteiger partial charge in [-0.25, -0.2) is 9.97 Å². The molecule has 2 heterocycles. The van der Waals surface area contributed by atoms with Crippen LogP contribution in [0.4, 0.5) is 17.2 Å². The maximum Gasteiger partial charge on any atom is 0.271 e. The van der Waals surface area contributed by atoms with Crippen molar-refractivity contribution in [3.63, 3.8) is 0 Å². The number of non-ortho nitro benzene ring substituents is 1. The van der Waals surface area contributed by atoms with Gasteiger partial charge in [0.05, 0.1) is 21.0 Å². The van der Waals surface area contributed by atoms with Gasteiger partial charge < -0.3 is 5.32 Å². The Hall–Kier alpha value is -3.03. The van der Waals surface area contributed by atoms with Crippen molar-refractivity contribution in [2.24, 2.45) is 0 Å². The Morgan fingerprint density at radius 3 is 2.65 bits per heavy atom. The van der Waals surface area contributed by atoms with Crippen LogP contribution < -0.4 is 5.32 Å². The summed E-state index contributed by atoms with van der Waals surface area (Å²) >= 11 is 7.73. The monoisotopic (exact) mass is 382 g/mol. The molecule has 6 nitrogen and oxygen atoms in total. The first-order valence-electron chi connectivity index (χ1n) is 7.62. The zero-order chi connectivity index (χ0) is 18.1. The van der Waals surface area contributed by atoms with Gasteiger partial charge in [0.15, 0.2) is 0 Å². The van der Waals surface area contributed by atoms with Gasteiger partial charge in [-0.15, -0.1) is 11.3 Å². The highest BCUT2D eigenvalue weighted by atomic mass is 35.5. The van der Waals surface area contributed by atoms with Crippen molar-refractivity contribution in [2.75, 3.05) is 5.32 Å². The number of nitro benzene ring substituents is 1. The van der Waals surface area contributed by atoms with Crippen LogP contribution in [0.5, 0.6) is 0 Å². The van der Waals surface area contributed by atoms with E-state index in [2.05, 4.69) is 15.3 Å². The first-order valence-corrected chi connectivity index (χ1v) is 8.88. The zero-order valence-electron chi connectivity index (χ0n) is 13.2. The number of fused-ring (bicyclic) bond motifs is 1. The van der Waals surface area contributed by atoms with E-state index in [1.54, 1.807) is 6.07 Å². The topological polar surface area (TPSA) is 81.0 Å². The molecule has 4 aromatic rings. The second-order valence-electron chi connectivity index (χ2n) is 5.46. The maximum absolute atomic E-state index is 10.9. The van der Waals surface area contributed by atoms with Gasteiger partial charge in [-0.2, -0.15) is 0 Å². The van der Waals surface area contributed by atoms with Crippen molar-refractivity contribution < 1.29 is 4.92 Å². The lowest BCUT2D eigenvalue weighted by atomic mass is 10.1. The van der Waals surface area contributed by atoms with Crippen LogP contribution in [0, 0.1) is 10.1 Å². The lowest BCUT2D eigenvalue weighted by Gasteiger charge is -2.10. The third kappa shape index (κ3) is 2.98. The Labute approximate surface area is 157 Å². The fourth-order valence-corrected chi connectivity index (χ4v) is 3.78. The Balaban J connectivity index is 1.80. The molecule has 0 aliphatic rings. The molecule has 4 rings (SSSR count). The lowest BCUT2D eigenvalue weighted by molar-refractivity contribution is -0.384. The quantitative estimate of drug-likeness (QED) is 0.363. The Bertz CT molecular complexity index is 1110. The SMILES string of the molecule is O=[N+]([O-])c1ccc(Nc2ncnc3scc(-c4ccccc4)c23)c(Cl)c1. The Morgan fingerprint density at radius 1 is 1.12 bits per heavy atom. The van der Waals surface area contributed by atoms with Crippen molar-refractivity contribution in [1.82, 2.24) is 9.97 Å². The molecule has 0 saturated carbocycles. The summed E-state index contributed by atoms with van der Waals surface area (Å²) in [7, 11) is 0. The van der Waals surface area contributed by atoms with Gasteiger partial charge in [0.1, 0.15) is 17.0 Å². The molecule has 1 N–H and O–H groups in total. The van der Waals surface area contributed by atoms with Gasteiger partial charge >= 0.3 is 0 Å². The molecule has 0 fully saturated rings. The van der Waals surface area contributed by atoms with Gasteiger partial charge in [0.25, 0.3) is 5.69 Å². The maximum atomic E-state index is 10.9. The lowest BCUT2D eigenvalue weighted by Crippen LogP contribution is -1.97. The largest absolute Gasteiger partial charge is 0.338 e. The van der Waals surface area contributed by atoms with E-state index in [-0.39, 0.29) is 10.7 Å². The molecular formula is C18H11ClN4O2S. The van der Waals surface area contributed by atoms with Crippen molar-refractivity contribution in [1.29, 1.82) is 0 Å². The first-order chi connectivity index (χ1) is 12.6. The van der Waals surface area contributed by atoms with Crippen LogP contribution in [0.15, 0.2) is 60.2 Å². The fourth-order valence-electron chi connectivity index (χ4n) is 2.65. The number of nitro groups is 1. The predicted octanol–water partition coefficient (Wildman–Crippen LogP) is 5.66. The van der Waals surface area contributed by atoms with Gasteiger partial charge in [0, 0.05) is 23.1 Å². The molecule has 8 heteroatoms. The van der Waals surface area contributed by atoms with Gasteiger partial charge in [-0.1, -0.05) is 41.9 Å². The smallest absolute Gasteiger partial charge is 0.271 e. The van der Waals surface area contributed by atoms with E-state index in [0.29, 0.717) is 11.5 Å². The molecule has 0 amide bonds. The number of benzene rings is 2. The summed E-state index contributed by atoms with van der Waals surface area (Å²) in [6.07, 6.45) is 1.48. The number of hydrogen-bond donors (Lipinski definition) is 1. The number of rotatable bonds is 4. The molecule has 2 aromatic carbocycles. The van der Waals surface area contributed by atoms with Crippen LogP contribution in [0.2, 0.25) is 5.02 Å². The Kier molecular flexibility index (Phi) is 4.24. The number of anilines is 2. The van der Waals surface area contributed by atoms with Crippen LogP contribution in [-0.4, -0.2) is 14.9 Å². The molecule has 0 aliphatic heterocycles. The van der Waals surface area contributed by atoms with Crippen molar-refractivity contribution >= 4 is 50.3 Å². The average molecular weight is 383 g/mol. The number of thiophene rings is 1. The highest BCUT2D eigenvalue weighted by molar-refractivity contribution is 7.17. The van der Waals surface area contributed by atoms with E-state index in [0.717, 1.165) is 21.3 Å². The van der Waals surface area contributed by atoms with Gasteiger partial charge in [-0.3, -0.25) is 10.1 Å². The standard InChI is InChI=1S/C18H11ClN4O2S/c19-14-8-12(23(24)25)6-7-15(14)22-17-16-13(11-4-2-1-3-5-11)9-26-18(16)21-10-20-17/h1-10H,(H,20,21,22). The Morgan fingerprint density at radius 2 is 1.92 bits per heavy atom. The highest BCUT2D eigenvalue weighted by Crippen LogP contribution is 2.38. The molecule has 26 heavy (non-hydrogen) atoms. The van der Waals surface area contributed by atoms with Crippen LogP contribution in [0.3, 0.4) is 0 Å². The number of halogens is 1. The number of hydrogen-bond acceptors (Lipinski definition) is 6. The fraction of sp³-hybridized carbons (Fsp3) is 0. The molecular weight excluding hydrogens is 372 g/mol. The second kappa shape index (κ2) is 6.70. The molecule has 0 radical (unpaired) electrons. The molecule has 0 saturated heterocycles. The minimum Gasteiger partial charge on any atom is -0.338 e. The predicted molar refractivity (Wildman–Crippen MR) is 104 cm³/mol. The van der Waals surface area contributed by atoms with E-state index in [1.807, 2.05) is 35.7 Å². The van der Waals surface area contributed by atoms with Crippen LogP contribution in [0.25, 0.3) is 21.3 Å². The molecule has 0 unspecified atom stereocenters. The van der Waals surface area contributed by atoms with Crippen molar-refractivity contribution in [3.8, 4) is 11.1 Å². The normalized spacial score (nSPS) is 10.8. The molecule has 0 spiro atoms. The van der Waals surface area contributed by atoms with E-state index in [4.69, 9.17) is 11.6 Å². The summed E-state index contributed by atoms with van der Waals surface area (Å²) in [6.45, 7) is 0. The van der Waals surface area contributed by atoms with E-state index < -0.39 is 4.92 Å². The third-order valence-corrected chi connectivity index (χ3v) is 5.07. The molecule has 0 aliphatic carbocycles. The summed E-state index contributed by atoms with van der Waals surface area (Å²) < 4.78 is 0. The van der Waals surface area contributed by atoms with Crippen LogP contribution >= 0.6 is 22.9 Å². The number of nitrogens with one attached hydrogen (secondary N) is 1. The van der Waals surface area contributed by atoms with Crippen molar-refractivity contribution in [2.45, 2.75) is 0 Å². The number of nitrogens with zero attached hydrogens (tertiary/aromatic N) is 3. The summed E-state index contributed by atoms with van der Waals surface area (Å²) in [5.41, 5.74) is 2.56.